The number of ether oxygens (including phenoxy) is 3. The minimum atomic E-state index is -0.141. The third kappa shape index (κ3) is 4.93. The van der Waals surface area contributed by atoms with Crippen LogP contribution in [0.2, 0.25) is 0 Å². The minimum Gasteiger partial charge on any atom is -0.486 e. The van der Waals surface area contributed by atoms with Gasteiger partial charge in [-0.2, -0.15) is 0 Å². The third-order valence-corrected chi connectivity index (χ3v) is 6.02. The predicted molar refractivity (Wildman–Crippen MR) is 118 cm³/mol. The van der Waals surface area contributed by atoms with Gasteiger partial charge in [-0.3, -0.25) is 4.79 Å². The first kappa shape index (κ1) is 21.0. The van der Waals surface area contributed by atoms with E-state index in [0.717, 1.165) is 11.3 Å². The van der Waals surface area contributed by atoms with Crippen molar-refractivity contribution >= 4 is 23.4 Å². The monoisotopic (exact) mass is 440 g/mol. The van der Waals surface area contributed by atoms with Crippen molar-refractivity contribution in [2.45, 2.75) is 25.6 Å². The molecule has 162 valence electrons. The van der Waals surface area contributed by atoms with Gasteiger partial charge in [0.05, 0.1) is 5.75 Å². The standard InChI is InChI=1S/C22H24N4O4S/c1-14-5-4-6-17(15(14)2)30-12-20-24-25-22(26(20)3)31-13-21(27)23-16-7-8-18-19(11-16)29-10-9-28-18/h4-8,11H,9-10,12-13H2,1-3H3,(H,23,27). The Morgan fingerprint density at radius 3 is 2.81 bits per heavy atom. The molecule has 3 aromatic rings. The molecule has 31 heavy (non-hydrogen) atoms. The van der Waals surface area contributed by atoms with E-state index in [1.807, 2.05) is 30.7 Å². The van der Waals surface area contributed by atoms with Crippen molar-refractivity contribution in [1.82, 2.24) is 14.8 Å². The number of hydrogen-bond donors (Lipinski definition) is 1. The summed E-state index contributed by atoms with van der Waals surface area (Å²) in [5, 5.41) is 11.9. The molecule has 2 heterocycles. The van der Waals surface area contributed by atoms with Crippen molar-refractivity contribution in [1.29, 1.82) is 0 Å². The second-order valence-corrected chi connectivity index (χ2v) is 8.08. The normalized spacial score (nSPS) is 12.5. The molecule has 0 unspecified atom stereocenters. The lowest BCUT2D eigenvalue weighted by Gasteiger charge is -2.18. The van der Waals surface area contributed by atoms with Gasteiger partial charge in [0.2, 0.25) is 5.91 Å². The Morgan fingerprint density at radius 2 is 1.97 bits per heavy atom. The summed E-state index contributed by atoms with van der Waals surface area (Å²) in [6.45, 7) is 5.42. The molecule has 1 aliphatic heterocycles. The lowest BCUT2D eigenvalue weighted by atomic mass is 10.1. The lowest BCUT2D eigenvalue weighted by molar-refractivity contribution is -0.113. The number of nitrogens with one attached hydrogen (secondary N) is 1. The summed E-state index contributed by atoms with van der Waals surface area (Å²) >= 11 is 1.32. The van der Waals surface area contributed by atoms with Crippen LogP contribution in [0.1, 0.15) is 17.0 Å². The molecular formula is C22H24N4O4S. The molecule has 4 rings (SSSR count). The molecule has 1 aliphatic rings. The maximum atomic E-state index is 12.4. The van der Waals surface area contributed by atoms with Gasteiger partial charge >= 0.3 is 0 Å². The van der Waals surface area contributed by atoms with Crippen LogP contribution in [-0.2, 0) is 18.4 Å². The molecule has 0 spiro atoms. The second kappa shape index (κ2) is 9.30. The SMILES string of the molecule is Cc1cccc(OCc2nnc(SCC(=O)Nc3ccc4c(c3)OCCO4)n2C)c1C. The van der Waals surface area contributed by atoms with E-state index in [1.54, 1.807) is 18.2 Å². The third-order valence-electron chi connectivity index (χ3n) is 5.00. The quantitative estimate of drug-likeness (QED) is 0.563. The van der Waals surface area contributed by atoms with Crippen LogP contribution in [0, 0.1) is 13.8 Å². The van der Waals surface area contributed by atoms with Crippen molar-refractivity contribution in [3.8, 4) is 17.2 Å². The summed E-state index contributed by atoms with van der Waals surface area (Å²) in [6, 6.07) is 11.3. The number of anilines is 1. The molecule has 0 saturated heterocycles. The number of hydrogen-bond acceptors (Lipinski definition) is 7. The zero-order valence-electron chi connectivity index (χ0n) is 17.7. The highest BCUT2D eigenvalue weighted by atomic mass is 32.2. The maximum Gasteiger partial charge on any atom is 0.234 e. The summed E-state index contributed by atoms with van der Waals surface area (Å²) in [5.74, 6) is 2.91. The van der Waals surface area contributed by atoms with Crippen LogP contribution in [-0.4, -0.2) is 39.6 Å². The van der Waals surface area contributed by atoms with Crippen LogP contribution in [0.25, 0.3) is 0 Å². The molecule has 1 aromatic heterocycles. The van der Waals surface area contributed by atoms with Crippen LogP contribution in [0.3, 0.4) is 0 Å². The largest absolute Gasteiger partial charge is 0.486 e. The maximum absolute atomic E-state index is 12.4. The number of rotatable bonds is 7. The number of benzene rings is 2. The van der Waals surface area contributed by atoms with Crippen molar-refractivity contribution in [3.05, 3.63) is 53.3 Å². The van der Waals surface area contributed by atoms with Crippen LogP contribution in [0.4, 0.5) is 5.69 Å². The van der Waals surface area contributed by atoms with Crippen molar-refractivity contribution in [3.63, 3.8) is 0 Å². The Kier molecular flexibility index (Phi) is 6.31. The van der Waals surface area contributed by atoms with Crippen LogP contribution < -0.4 is 19.5 Å². The molecule has 0 radical (unpaired) electrons. The molecule has 2 aromatic carbocycles. The van der Waals surface area contributed by atoms with Gasteiger partial charge in [0.1, 0.15) is 25.6 Å². The van der Waals surface area contributed by atoms with E-state index in [-0.39, 0.29) is 11.7 Å². The number of amides is 1. The smallest absolute Gasteiger partial charge is 0.234 e. The highest BCUT2D eigenvalue weighted by molar-refractivity contribution is 7.99. The van der Waals surface area contributed by atoms with Crippen LogP contribution in [0.5, 0.6) is 17.2 Å². The van der Waals surface area contributed by atoms with Crippen molar-refractivity contribution < 1.29 is 19.0 Å². The molecule has 0 saturated carbocycles. The van der Waals surface area contributed by atoms with E-state index >= 15 is 0 Å². The summed E-state index contributed by atoms with van der Waals surface area (Å²) in [5.41, 5.74) is 2.95. The van der Waals surface area contributed by atoms with E-state index in [9.17, 15) is 4.79 Å². The number of fused-ring (bicyclic) bond motifs is 1. The van der Waals surface area contributed by atoms with E-state index in [2.05, 4.69) is 28.5 Å². The zero-order chi connectivity index (χ0) is 21.8. The average Bonchev–Trinajstić information content (AvgIpc) is 3.12. The van der Waals surface area contributed by atoms with E-state index in [0.29, 0.717) is 48.0 Å². The van der Waals surface area contributed by atoms with Gasteiger partial charge in [0.25, 0.3) is 0 Å². The Hall–Kier alpha value is -3.20. The van der Waals surface area contributed by atoms with Gasteiger partial charge < -0.3 is 24.1 Å². The highest BCUT2D eigenvalue weighted by Gasteiger charge is 2.15. The van der Waals surface area contributed by atoms with E-state index in [1.165, 1.54) is 17.3 Å². The fraction of sp³-hybridized carbons (Fsp3) is 0.318. The number of carbonyl (C=O) groups excluding carboxylic acids is 1. The minimum absolute atomic E-state index is 0.141. The molecule has 9 heteroatoms. The lowest BCUT2D eigenvalue weighted by Crippen LogP contribution is -2.17. The molecule has 0 bridgehead atoms. The fourth-order valence-electron chi connectivity index (χ4n) is 3.07. The van der Waals surface area contributed by atoms with Crippen molar-refractivity contribution in [2.24, 2.45) is 7.05 Å². The first-order valence-corrected chi connectivity index (χ1v) is 10.9. The number of nitrogens with zero attached hydrogens (tertiary/aromatic N) is 3. The van der Waals surface area contributed by atoms with Crippen molar-refractivity contribution in [2.75, 3.05) is 24.3 Å². The highest BCUT2D eigenvalue weighted by Crippen LogP contribution is 2.32. The van der Waals surface area contributed by atoms with Gasteiger partial charge in [-0.15, -0.1) is 10.2 Å². The van der Waals surface area contributed by atoms with Crippen LogP contribution >= 0.6 is 11.8 Å². The molecule has 0 atom stereocenters. The predicted octanol–water partition coefficient (Wildman–Crippen LogP) is 3.51. The summed E-state index contributed by atoms with van der Waals surface area (Å²) in [7, 11) is 1.86. The number of aryl methyl sites for hydroxylation is 1. The van der Waals surface area contributed by atoms with Gasteiger partial charge in [0.15, 0.2) is 22.5 Å². The molecule has 1 N–H and O–H groups in total. The molecule has 0 aliphatic carbocycles. The molecular weight excluding hydrogens is 416 g/mol. The number of carbonyl (C=O) groups is 1. The number of aromatic nitrogens is 3. The van der Waals surface area contributed by atoms with Gasteiger partial charge in [-0.25, -0.2) is 0 Å². The zero-order valence-corrected chi connectivity index (χ0v) is 18.5. The van der Waals surface area contributed by atoms with Crippen LogP contribution in [0.15, 0.2) is 41.6 Å². The van der Waals surface area contributed by atoms with Gasteiger partial charge in [-0.05, 0) is 43.2 Å². The fourth-order valence-corrected chi connectivity index (χ4v) is 3.80. The summed E-state index contributed by atoms with van der Waals surface area (Å²) in [6.07, 6.45) is 0. The van der Waals surface area contributed by atoms with Gasteiger partial charge in [0, 0.05) is 18.8 Å². The Morgan fingerprint density at radius 1 is 1.16 bits per heavy atom. The second-order valence-electron chi connectivity index (χ2n) is 7.14. The number of thioether (sulfide) groups is 1. The Balaban J connectivity index is 1.31. The Labute approximate surface area is 184 Å². The topological polar surface area (TPSA) is 87.5 Å². The van der Waals surface area contributed by atoms with E-state index < -0.39 is 0 Å². The summed E-state index contributed by atoms with van der Waals surface area (Å²) in [4.78, 5) is 12.4. The Bertz CT molecular complexity index is 1100. The van der Waals surface area contributed by atoms with Gasteiger partial charge in [-0.1, -0.05) is 23.9 Å². The molecule has 0 fully saturated rings. The first-order chi connectivity index (χ1) is 15.0. The summed E-state index contributed by atoms with van der Waals surface area (Å²) < 4.78 is 18.8. The van der Waals surface area contributed by atoms with E-state index in [4.69, 9.17) is 14.2 Å². The first-order valence-electron chi connectivity index (χ1n) is 9.91. The average molecular weight is 441 g/mol. The molecule has 1 amide bonds. The molecule has 8 nitrogen and oxygen atoms in total.